The molecule has 1 amide bonds. The van der Waals surface area contributed by atoms with Gasteiger partial charge < -0.3 is 4.90 Å². The van der Waals surface area contributed by atoms with Crippen molar-refractivity contribution in [2.24, 2.45) is 0 Å². The summed E-state index contributed by atoms with van der Waals surface area (Å²) in [4.78, 5) is 19.4. The van der Waals surface area contributed by atoms with Crippen LogP contribution in [0.2, 0.25) is 0 Å². The van der Waals surface area contributed by atoms with Crippen molar-refractivity contribution in [1.29, 1.82) is 0 Å². The summed E-state index contributed by atoms with van der Waals surface area (Å²) >= 11 is 0. The van der Waals surface area contributed by atoms with Crippen LogP contribution in [-0.2, 0) is 16.6 Å². The summed E-state index contributed by atoms with van der Waals surface area (Å²) < 4.78 is 29.2. The van der Waals surface area contributed by atoms with Crippen molar-refractivity contribution < 1.29 is 13.2 Å². The van der Waals surface area contributed by atoms with E-state index >= 15 is 0 Å². The van der Waals surface area contributed by atoms with E-state index in [1.165, 1.54) is 4.31 Å². The number of fused-ring (bicyclic) bond motifs is 3. The third-order valence-electron chi connectivity index (χ3n) is 5.13. The Balaban J connectivity index is 1.85. The van der Waals surface area contributed by atoms with Gasteiger partial charge in [-0.15, -0.1) is 0 Å². The van der Waals surface area contributed by atoms with Crippen LogP contribution in [0, 0.1) is 0 Å². The van der Waals surface area contributed by atoms with Crippen LogP contribution in [0.25, 0.3) is 5.69 Å². The first-order valence-electron chi connectivity index (χ1n) is 8.99. The van der Waals surface area contributed by atoms with E-state index < -0.39 is 10.0 Å². The monoisotopic (exact) mass is 374 g/mol. The van der Waals surface area contributed by atoms with E-state index in [1.807, 2.05) is 4.90 Å². The van der Waals surface area contributed by atoms with Gasteiger partial charge in [0, 0.05) is 19.6 Å². The lowest BCUT2D eigenvalue weighted by molar-refractivity contribution is 0.0717. The molecule has 0 bridgehead atoms. The lowest BCUT2D eigenvalue weighted by atomic mass is 10.1. The zero-order valence-electron chi connectivity index (χ0n) is 14.8. The summed E-state index contributed by atoms with van der Waals surface area (Å²) in [6.45, 7) is 3.75. The summed E-state index contributed by atoms with van der Waals surface area (Å²) in [5.41, 5.74) is 1.54. The Morgan fingerprint density at radius 3 is 2.62 bits per heavy atom. The third kappa shape index (κ3) is 2.64. The van der Waals surface area contributed by atoms with Gasteiger partial charge in [-0.05, 0) is 31.4 Å². The summed E-state index contributed by atoms with van der Waals surface area (Å²) in [7, 11) is -3.61. The van der Waals surface area contributed by atoms with Crippen LogP contribution in [0.5, 0.6) is 0 Å². The SMILES string of the molecule is CCN1Cc2c(C(=O)N3CCCCC3)ncn2-c2ccccc2S1(=O)=O. The highest BCUT2D eigenvalue weighted by molar-refractivity contribution is 7.89. The van der Waals surface area contributed by atoms with Gasteiger partial charge in [-0.25, -0.2) is 13.4 Å². The van der Waals surface area contributed by atoms with Crippen molar-refractivity contribution in [2.75, 3.05) is 19.6 Å². The van der Waals surface area contributed by atoms with Gasteiger partial charge in [0.25, 0.3) is 5.91 Å². The van der Waals surface area contributed by atoms with Crippen LogP contribution >= 0.6 is 0 Å². The van der Waals surface area contributed by atoms with Gasteiger partial charge in [0.05, 0.1) is 17.9 Å². The molecule has 0 aliphatic carbocycles. The molecule has 7 nitrogen and oxygen atoms in total. The third-order valence-corrected chi connectivity index (χ3v) is 7.10. The van der Waals surface area contributed by atoms with Crippen LogP contribution in [0.4, 0.5) is 0 Å². The first-order chi connectivity index (χ1) is 12.5. The molecule has 1 aromatic carbocycles. The summed E-state index contributed by atoms with van der Waals surface area (Å²) in [6.07, 6.45) is 4.71. The van der Waals surface area contributed by atoms with Crippen molar-refractivity contribution >= 4 is 15.9 Å². The minimum Gasteiger partial charge on any atom is -0.337 e. The van der Waals surface area contributed by atoms with E-state index in [-0.39, 0.29) is 17.3 Å². The first-order valence-corrected chi connectivity index (χ1v) is 10.4. The fourth-order valence-corrected chi connectivity index (χ4v) is 5.30. The number of sulfonamides is 1. The predicted molar refractivity (Wildman–Crippen MR) is 96.6 cm³/mol. The Kier molecular flexibility index (Phi) is 4.32. The molecule has 4 rings (SSSR count). The molecule has 1 saturated heterocycles. The number of imidazole rings is 1. The summed E-state index contributed by atoms with van der Waals surface area (Å²) in [5, 5.41) is 0. The summed E-state index contributed by atoms with van der Waals surface area (Å²) in [5.74, 6) is -0.105. The number of hydrogen-bond donors (Lipinski definition) is 0. The number of amides is 1. The molecule has 0 unspecified atom stereocenters. The van der Waals surface area contributed by atoms with Crippen molar-refractivity contribution in [3.63, 3.8) is 0 Å². The molecule has 0 radical (unpaired) electrons. The van der Waals surface area contributed by atoms with Gasteiger partial charge in [-0.1, -0.05) is 19.1 Å². The minimum absolute atomic E-state index is 0.105. The minimum atomic E-state index is -3.61. The van der Waals surface area contributed by atoms with Crippen LogP contribution in [-0.4, -0.2) is 52.7 Å². The van der Waals surface area contributed by atoms with Crippen LogP contribution in [0.3, 0.4) is 0 Å². The number of nitrogens with zero attached hydrogens (tertiary/aromatic N) is 4. The molecular weight excluding hydrogens is 352 g/mol. The zero-order valence-corrected chi connectivity index (χ0v) is 15.6. The Hall–Kier alpha value is -2.19. The number of para-hydroxylation sites is 1. The van der Waals surface area contributed by atoms with E-state index in [4.69, 9.17) is 0 Å². The maximum Gasteiger partial charge on any atom is 0.274 e. The molecule has 0 spiro atoms. The fraction of sp³-hybridized carbons (Fsp3) is 0.444. The molecule has 1 aromatic heterocycles. The van der Waals surface area contributed by atoms with Gasteiger partial charge in [0.15, 0.2) is 5.69 Å². The number of rotatable bonds is 2. The number of aromatic nitrogens is 2. The van der Waals surface area contributed by atoms with Crippen LogP contribution in [0.15, 0.2) is 35.5 Å². The van der Waals surface area contributed by atoms with E-state index in [2.05, 4.69) is 4.98 Å². The number of piperidine rings is 1. The molecule has 0 N–H and O–H groups in total. The Morgan fingerprint density at radius 2 is 1.88 bits per heavy atom. The molecule has 26 heavy (non-hydrogen) atoms. The standard InChI is InChI=1S/C18H22N4O3S/c1-2-21-12-15-17(18(23)20-10-6-3-7-11-20)19-13-22(15)14-8-4-5-9-16(14)26(21,24)25/h4-5,8-9,13H,2-3,6-7,10-12H2,1H3. The molecular formula is C18H22N4O3S. The molecule has 1 fully saturated rings. The molecule has 3 heterocycles. The fourth-order valence-electron chi connectivity index (χ4n) is 3.71. The van der Waals surface area contributed by atoms with Gasteiger partial charge in [-0.3, -0.25) is 9.36 Å². The summed E-state index contributed by atoms with van der Waals surface area (Å²) in [6, 6.07) is 6.87. The van der Waals surface area contributed by atoms with Crippen molar-refractivity contribution in [2.45, 2.75) is 37.6 Å². The normalized spacial score (nSPS) is 19.5. The first kappa shape index (κ1) is 17.2. The highest BCUT2D eigenvalue weighted by atomic mass is 32.2. The molecule has 0 saturated carbocycles. The van der Waals surface area contributed by atoms with Gasteiger partial charge >= 0.3 is 0 Å². The van der Waals surface area contributed by atoms with Gasteiger partial charge in [0.1, 0.15) is 11.2 Å². The maximum atomic E-state index is 13.0. The number of hydrogen-bond acceptors (Lipinski definition) is 4. The Morgan fingerprint density at radius 1 is 1.15 bits per heavy atom. The second kappa shape index (κ2) is 6.51. The highest BCUT2D eigenvalue weighted by Gasteiger charge is 2.34. The second-order valence-electron chi connectivity index (χ2n) is 6.66. The predicted octanol–water partition coefficient (Wildman–Crippen LogP) is 2.02. The smallest absolute Gasteiger partial charge is 0.274 e. The average molecular weight is 374 g/mol. The molecule has 2 aliphatic heterocycles. The van der Waals surface area contributed by atoms with E-state index in [1.54, 1.807) is 42.1 Å². The highest BCUT2D eigenvalue weighted by Crippen LogP contribution is 2.31. The Labute approximate surface area is 153 Å². The average Bonchev–Trinajstić information content (AvgIpc) is 3.05. The molecule has 8 heteroatoms. The number of carbonyl (C=O) groups excluding carboxylic acids is 1. The molecule has 2 aliphatic rings. The number of likely N-dealkylation sites (tertiary alicyclic amines) is 1. The quantitative estimate of drug-likeness (QED) is 0.806. The van der Waals surface area contributed by atoms with Crippen LogP contribution in [0.1, 0.15) is 42.4 Å². The topological polar surface area (TPSA) is 75.5 Å². The molecule has 138 valence electrons. The van der Waals surface area contributed by atoms with Gasteiger partial charge in [0.2, 0.25) is 10.0 Å². The van der Waals surface area contributed by atoms with E-state index in [9.17, 15) is 13.2 Å². The molecule has 0 atom stereocenters. The lowest BCUT2D eigenvalue weighted by Gasteiger charge is -2.26. The lowest BCUT2D eigenvalue weighted by Crippen LogP contribution is -2.37. The number of carbonyl (C=O) groups is 1. The van der Waals surface area contributed by atoms with E-state index in [0.717, 1.165) is 32.4 Å². The van der Waals surface area contributed by atoms with E-state index in [0.29, 0.717) is 23.6 Å². The molecule has 2 aromatic rings. The number of benzene rings is 1. The van der Waals surface area contributed by atoms with Gasteiger partial charge in [-0.2, -0.15) is 4.31 Å². The van der Waals surface area contributed by atoms with Crippen molar-refractivity contribution in [3.8, 4) is 5.69 Å². The maximum absolute atomic E-state index is 13.0. The zero-order chi connectivity index (χ0) is 18.3. The van der Waals surface area contributed by atoms with Crippen molar-refractivity contribution in [3.05, 3.63) is 42.0 Å². The second-order valence-corrected chi connectivity index (χ2v) is 8.57. The largest absolute Gasteiger partial charge is 0.337 e. The van der Waals surface area contributed by atoms with Crippen LogP contribution < -0.4 is 0 Å². The van der Waals surface area contributed by atoms with Crippen molar-refractivity contribution in [1.82, 2.24) is 18.8 Å². The Bertz CT molecular complexity index is 945.